The summed E-state index contributed by atoms with van der Waals surface area (Å²) >= 11 is 0. The molecule has 1 aliphatic rings. The van der Waals surface area contributed by atoms with Gasteiger partial charge in [-0.2, -0.15) is 10.4 Å². The Morgan fingerprint density at radius 2 is 2.18 bits per heavy atom. The lowest BCUT2D eigenvalue weighted by atomic mass is 9.98. The van der Waals surface area contributed by atoms with Gasteiger partial charge in [0.1, 0.15) is 11.8 Å². The molecule has 1 amide bonds. The lowest BCUT2D eigenvalue weighted by molar-refractivity contribution is 0.0948. The van der Waals surface area contributed by atoms with Crippen molar-refractivity contribution in [1.29, 1.82) is 5.26 Å². The first-order valence-electron chi connectivity index (χ1n) is 9.69. The molecule has 0 saturated heterocycles. The summed E-state index contributed by atoms with van der Waals surface area (Å²) in [4.78, 5) is 17.3. The summed E-state index contributed by atoms with van der Waals surface area (Å²) in [5, 5.41) is 17.7. The minimum atomic E-state index is -0.201. The highest BCUT2D eigenvalue weighted by Gasteiger charge is 2.21. The van der Waals surface area contributed by atoms with Crippen LogP contribution in [0.2, 0.25) is 0 Å². The van der Waals surface area contributed by atoms with E-state index in [-0.39, 0.29) is 5.91 Å². The van der Waals surface area contributed by atoms with Crippen LogP contribution in [0, 0.1) is 24.2 Å². The molecule has 3 aromatic rings. The molecule has 6 nitrogen and oxygen atoms in total. The van der Waals surface area contributed by atoms with Crippen LogP contribution >= 0.6 is 0 Å². The third-order valence-electron chi connectivity index (χ3n) is 5.49. The van der Waals surface area contributed by atoms with Crippen molar-refractivity contribution in [3.8, 4) is 17.2 Å². The maximum absolute atomic E-state index is 12.7. The van der Waals surface area contributed by atoms with E-state index in [1.807, 2.05) is 32.2 Å². The highest BCUT2D eigenvalue weighted by atomic mass is 16.1. The first-order chi connectivity index (χ1) is 13.6. The molecule has 0 bridgehead atoms. The Labute approximate surface area is 164 Å². The number of benzene rings is 1. The van der Waals surface area contributed by atoms with Gasteiger partial charge in [-0.05, 0) is 43.4 Å². The largest absolute Gasteiger partial charge is 0.351 e. The summed E-state index contributed by atoms with van der Waals surface area (Å²) in [7, 11) is 1.89. The molecule has 6 heteroatoms. The average Bonchev–Trinajstić information content (AvgIpc) is 3.48. The Kier molecular flexibility index (Phi) is 4.82. The number of fused-ring (bicyclic) bond motifs is 1. The topological polar surface area (TPSA) is 83.6 Å². The molecule has 28 heavy (non-hydrogen) atoms. The smallest absolute Gasteiger partial charge is 0.269 e. The van der Waals surface area contributed by atoms with E-state index in [2.05, 4.69) is 21.5 Å². The van der Waals surface area contributed by atoms with Gasteiger partial charge in [0.2, 0.25) is 0 Å². The number of carbonyl (C=O) groups is 1. The van der Waals surface area contributed by atoms with Gasteiger partial charge < -0.3 is 5.32 Å². The Bertz CT molecular complexity index is 1090. The minimum Gasteiger partial charge on any atom is -0.351 e. The first-order valence-corrected chi connectivity index (χ1v) is 9.69. The van der Waals surface area contributed by atoms with Crippen LogP contribution in [0.25, 0.3) is 22.0 Å². The number of para-hydroxylation sites is 1. The van der Waals surface area contributed by atoms with Gasteiger partial charge in [-0.3, -0.25) is 9.48 Å². The number of amides is 1. The second-order valence-electron chi connectivity index (χ2n) is 7.48. The summed E-state index contributed by atoms with van der Waals surface area (Å²) in [5.74, 6) is 0.655. The Morgan fingerprint density at radius 3 is 2.86 bits per heavy atom. The van der Waals surface area contributed by atoms with Crippen LogP contribution in [0.15, 0.2) is 30.5 Å². The molecule has 0 unspecified atom stereocenters. The van der Waals surface area contributed by atoms with E-state index in [4.69, 9.17) is 0 Å². The second-order valence-corrected chi connectivity index (χ2v) is 7.48. The minimum absolute atomic E-state index is 0.201. The van der Waals surface area contributed by atoms with Gasteiger partial charge in [-0.15, -0.1) is 0 Å². The molecule has 0 radical (unpaired) electrons. The lowest BCUT2D eigenvalue weighted by Gasteiger charge is -2.11. The number of aromatic nitrogens is 3. The zero-order valence-corrected chi connectivity index (χ0v) is 16.2. The lowest BCUT2D eigenvalue weighted by Crippen LogP contribution is -2.25. The van der Waals surface area contributed by atoms with Gasteiger partial charge in [0.25, 0.3) is 5.91 Å². The van der Waals surface area contributed by atoms with Gasteiger partial charge in [0, 0.05) is 30.2 Å². The summed E-state index contributed by atoms with van der Waals surface area (Å²) in [5.41, 5.74) is 4.15. The quantitative estimate of drug-likeness (QED) is 0.667. The van der Waals surface area contributed by atoms with Gasteiger partial charge in [0.05, 0.1) is 17.3 Å². The monoisotopic (exact) mass is 373 g/mol. The number of nitrogens with one attached hydrogen (secondary N) is 1. The molecule has 1 saturated carbocycles. The fraction of sp³-hybridized carbons (Fsp3) is 0.364. The Balaban J connectivity index is 1.73. The van der Waals surface area contributed by atoms with Crippen molar-refractivity contribution in [2.45, 2.75) is 32.6 Å². The standard InChI is InChI=1S/C22H23N5O/c1-14-19(13-25-27(14)2)18-11-20(22(28)24-10-4-5-15-8-9-15)26-21-16(12-23)6-3-7-17(18)21/h3,6-7,11,13,15H,4-5,8-10H2,1-2H3,(H,24,28). The molecular formula is C22H23N5O. The van der Waals surface area contributed by atoms with Crippen LogP contribution in [0.3, 0.4) is 0 Å². The fourth-order valence-electron chi connectivity index (χ4n) is 3.53. The normalized spacial score (nSPS) is 13.5. The molecule has 0 aliphatic heterocycles. The Morgan fingerprint density at radius 1 is 1.36 bits per heavy atom. The number of pyridine rings is 1. The molecule has 1 aliphatic carbocycles. The van der Waals surface area contributed by atoms with E-state index in [0.717, 1.165) is 34.5 Å². The van der Waals surface area contributed by atoms with Crippen molar-refractivity contribution in [3.05, 3.63) is 47.4 Å². The second kappa shape index (κ2) is 7.43. The van der Waals surface area contributed by atoms with Gasteiger partial charge in [-0.1, -0.05) is 25.0 Å². The number of nitrogens with zero attached hydrogens (tertiary/aromatic N) is 4. The number of carbonyl (C=O) groups excluding carboxylic acids is 1. The molecule has 2 aromatic heterocycles. The molecule has 2 heterocycles. The molecule has 142 valence electrons. The molecular weight excluding hydrogens is 350 g/mol. The van der Waals surface area contributed by atoms with Crippen molar-refractivity contribution in [2.75, 3.05) is 6.54 Å². The predicted molar refractivity (Wildman–Crippen MR) is 108 cm³/mol. The average molecular weight is 373 g/mol. The number of hydrogen-bond donors (Lipinski definition) is 1. The van der Waals surface area contributed by atoms with Crippen molar-refractivity contribution in [1.82, 2.24) is 20.1 Å². The Hall–Kier alpha value is -3.20. The van der Waals surface area contributed by atoms with E-state index in [1.165, 1.54) is 19.3 Å². The van der Waals surface area contributed by atoms with E-state index in [9.17, 15) is 10.1 Å². The van der Waals surface area contributed by atoms with Crippen molar-refractivity contribution >= 4 is 16.8 Å². The highest BCUT2D eigenvalue weighted by molar-refractivity contribution is 6.03. The third-order valence-corrected chi connectivity index (χ3v) is 5.49. The fourth-order valence-corrected chi connectivity index (χ4v) is 3.53. The van der Waals surface area contributed by atoms with Gasteiger partial charge in [0.15, 0.2) is 0 Å². The van der Waals surface area contributed by atoms with Crippen molar-refractivity contribution in [2.24, 2.45) is 13.0 Å². The van der Waals surface area contributed by atoms with E-state index in [1.54, 1.807) is 16.9 Å². The number of rotatable bonds is 6. The molecule has 0 atom stereocenters. The number of nitriles is 1. The van der Waals surface area contributed by atoms with Crippen LogP contribution in [0.4, 0.5) is 0 Å². The number of hydrogen-bond acceptors (Lipinski definition) is 4. The van der Waals surface area contributed by atoms with Crippen molar-refractivity contribution < 1.29 is 4.79 Å². The van der Waals surface area contributed by atoms with Crippen LogP contribution in [-0.2, 0) is 7.05 Å². The van der Waals surface area contributed by atoms with Crippen LogP contribution in [-0.4, -0.2) is 27.2 Å². The third kappa shape index (κ3) is 3.48. The predicted octanol–water partition coefficient (Wildman–Crippen LogP) is 3.74. The van der Waals surface area contributed by atoms with Gasteiger partial charge >= 0.3 is 0 Å². The van der Waals surface area contributed by atoms with Crippen molar-refractivity contribution in [3.63, 3.8) is 0 Å². The summed E-state index contributed by atoms with van der Waals surface area (Å²) < 4.78 is 1.80. The zero-order chi connectivity index (χ0) is 19.7. The zero-order valence-electron chi connectivity index (χ0n) is 16.2. The molecule has 0 spiro atoms. The van der Waals surface area contributed by atoms with Crippen LogP contribution in [0.5, 0.6) is 0 Å². The van der Waals surface area contributed by atoms with E-state index in [0.29, 0.717) is 23.3 Å². The highest BCUT2D eigenvalue weighted by Crippen LogP contribution is 2.33. The van der Waals surface area contributed by atoms with Gasteiger partial charge in [-0.25, -0.2) is 4.98 Å². The SMILES string of the molecule is Cc1c(-c2cc(C(=O)NCCCC3CC3)nc3c(C#N)cccc23)cnn1C. The van der Waals surface area contributed by atoms with E-state index >= 15 is 0 Å². The van der Waals surface area contributed by atoms with Crippen LogP contribution in [0.1, 0.15) is 47.4 Å². The summed E-state index contributed by atoms with van der Waals surface area (Å²) in [6, 6.07) is 9.50. The molecule has 1 aromatic carbocycles. The molecule has 1 N–H and O–H groups in total. The summed E-state index contributed by atoms with van der Waals surface area (Å²) in [6.07, 6.45) is 6.60. The van der Waals surface area contributed by atoms with Crippen LogP contribution < -0.4 is 5.32 Å². The maximum atomic E-state index is 12.7. The number of aryl methyl sites for hydroxylation is 1. The van der Waals surface area contributed by atoms with E-state index < -0.39 is 0 Å². The molecule has 4 rings (SSSR count). The maximum Gasteiger partial charge on any atom is 0.269 e. The summed E-state index contributed by atoms with van der Waals surface area (Å²) in [6.45, 7) is 2.64. The first kappa shape index (κ1) is 18.2. The molecule has 1 fully saturated rings.